The number of amides is 1. The van der Waals surface area contributed by atoms with Crippen LogP contribution in [-0.2, 0) is 0 Å². The number of rotatable bonds is 1. The molecular weight excluding hydrogens is 242 g/mol. The van der Waals surface area contributed by atoms with Gasteiger partial charge in [0.2, 0.25) is 0 Å². The van der Waals surface area contributed by atoms with Crippen LogP contribution < -0.4 is 0 Å². The predicted octanol–water partition coefficient (Wildman–Crippen LogP) is 1.18. The third-order valence-corrected chi connectivity index (χ3v) is 3.84. The van der Waals surface area contributed by atoms with E-state index in [2.05, 4.69) is 4.98 Å². The summed E-state index contributed by atoms with van der Waals surface area (Å²) >= 11 is 0. The van der Waals surface area contributed by atoms with Gasteiger partial charge in [-0.25, -0.2) is 4.98 Å². The van der Waals surface area contributed by atoms with Gasteiger partial charge >= 0.3 is 0 Å². The Kier molecular flexibility index (Phi) is 2.98. The highest BCUT2D eigenvalue weighted by atomic mass is 16.3. The summed E-state index contributed by atoms with van der Waals surface area (Å²) in [6.07, 6.45) is 3.83. The van der Waals surface area contributed by atoms with Crippen LogP contribution in [0.5, 0.6) is 0 Å². The molecule has 2 aromatic heterocycles. The Bertz CT molecular complexity index is 608. The molecule has 1 amide bonds. The number of nitrogens with zero attached hydrogens (tertiary/aromatic N) is 3. The standard InChI is InChI=1S/C14H17N3O2/c1-10-5-7-16(9-12(10)18)14(19)11-8-15-13-4-2-3-6-17(11)13/h2-4,6,8,10,12,18H,5,7,9H2,1H3. The summed E-state index contributed by atoms with van der Waals surface area (Å²) in [7, 11) is 0. The molecule has 2 atom stereocenters. The number of fused-ring (bicyclic) bond motifs is 1. The molecule has 0 saturated carbocycles. The lowest BCUT2D eigenvalue weighted by Crippen LogP contribution is -2.46. The summed E-state index contributed by atoms with van der Waals surface area (Å²) in [4.78, 5) is 18.4. The normalized spacial score (nSPS) is 23.8. The van der Waals surface area contributed by atoms with Crippen LogP contribution in [0.1, 0.15) is 23.8 Å². The van der Waals surface area contributed by atoms with Gasteiger partial charge in [0.05, 0.1) is 12.3 Å². The van der Waals surface area contributed by atoms with Crippen molar-refractivity contribution in [1.82, 2.24) is 14.3 Å². The van der Waals surface area contributed by atoms with Gasteiger partial charge in [-0.2, -0.15) is 0 Å². The Labute approximate surface area is 111 Å². The zero-order chi connectivity index (χ0) is 13.4. The van der Waals surface area contributed by atoms with E-state index in [1.165, 1.54) is 0 Å². The quantitative estimate of drug-likeness (QED) is 0.836. The molecule has 5 nitrogen and oxygen atoms in total. The molecule has 0 radical (unpaired) electrons. The van der Waals surface area contributed by atoms with Crippen molar-refractivity contribution >= 4 is 11.6 Å². The number of imidazole rings is 1. The molecular formula is C14H17N3O2. The Morgan fingerprint density at radius 2 is 2.32 bits per heavy atom. The molecule has 1 aliphatic heterocycles. The van der Waals surface area contributed by atoms with Gasteiger partial charge in [0.1, 0.15) is 11.3 Å². The SMILES string of the molecule is CC1CCN(C(=O)c2cnc3ccccn23)CC1O. The third kappa shape index (κ3) is 2.10. The average Bonchev–Trinajstić information content (AvgIpc) is 2.85. The molecule has 5 heteroatoms. The van der Waals surface area contributed by atoms with Crippen LogP contribution in [0.3, 0.4) is 0 Å². The summed E-state index contributed by atoms with van der Waals surface area (Å²) in [6.45, 7) is 3.11. The van der Waals surface area contributed by atoms with Crippen LogP contribution in [0.15, 0.2) is 30.6 Å². The molecule has 1 saturated heterocycles. The Balaban J connectivity index is 1.88. The fourth-order valence-corrected chi connectivity index (χ4v) is 2.49. The number of carbonyl (C=O) groups is 1. The second kappa shape index (κ2) is 4.66. The van der Waals surface area contributed by atoms with Gasteiger partial charge < -0.3 is 10.0 Å². The van der Waals surface area contributed by atoms with Gasteiger partial charge in [0.25, 0.3) is 5.91 Å². The highest BCUT2D eigenvalue weighted by Crippen LogP contribution is 2.19. The molecule has 100 valence electrons. The minimum absolute atomic E-state index is 0.0651. The lowest BCUT2D eigenvalue weighted by molar-refractivity contribution is 0.0244. The van der Waals surface area contributed by atoms with Crippen LogP contribution in [-0.4, -0.2) is 44.5 Å². The van der Waals surface area contributed by atoms with Crippen molar-refractivity contribution in [2.24, 2.45) is 5.92 Å². The lowest BCUT2D eigenvalue weighted by atomic mass is 9.96. The van der Waals surface area contributed by atoms with E-state index in [1.54, 1.807) is 15.5 Å². The summed E-state index contributed by atoms with van der Waals surface area (Å²) in [6, 6.07) is 5.63. The third-order valence-electron chi connectivity index (χ3n) is 3.84. The lowest BCUT2D eigenvalue weighted by Gasteiger charge is -2.34. The maximum atomic E-state index is 12.5. The highest BCUT2D eigenvalue weighted by molar-refractivity contribution is 5.93. The molecule has 2 unspecified atom stereocenters. The molecule has 0 spiro atoms. The Hall–Kier alpha value is -1.88. The van der Waals surface area contributed by atoms with E-state index in [9.17, 15) is 9.90 Å². The largest absolute Gasteiger partial charge is 0.391 e. The van der Waals surface area contributed by atoms with Crippen molar-refractivity contribution in [2.75, 3.05) is 13.1 Å². The van der Waals surface area contributed by atoms with Gasteiger partial charge in [0.15, 0.2) is 0 Å². The molecule has 0 bridgehead atoms. The average molecular weight is 259 g/mol. The zero-order valence-corrected chi connectivity index (χ0v) is 10.9. The smallest absolute Gasteiger partial charge is 0.272 e. The number of pyridine rings is 1. The van der Waals surface area contributed by atoms with E-state index in [0.29, 0.717) is 18.8 Å². The number of aromatic nitrogens is 2. The van der Waals surface area contributed by atoms with Gasteiger partial charge in [0, 0.05) is 19.3 Å². The van der Waals surface area contributed by atoms with E-state index >= 15 is 0 Å². The minimum Gasteiger partial charge on any atom is -0.391 e. The van der Waals surface area contributed by atoms with Gasteiger partial charge in [-0.3, -0.25) is 9.20 Å². The molecule has 2 aromatic rings. The van der Waals surface area contributed by atoms with Gasteiger partial charge in [-0.05, 0) is 24.5 Å². The first kappa shape index (κ1) is 12.2. The number of aliphatic hydroxyl groups is 1. The maximum Gasteiger partial charge on any atom is 0.272 e. The minimum atomic E-state index is -0.433. The van der Waals surface area contributed by atoms with Crippen molar-refractivity contribution in [1.29, 1.82) is 0 Å². The van der Waals surface area contributed by atoms with Crippen molar-refractivity contribution in [3.8, 4) is 0 Å². The second-order valence-corrected chi connectivity index (χ2v) is 5.16. The first-order valence-electron chi connectivity index (χ1n) is 6.56. The fraction of sp³-hybridized carbons (Fsp3) is 0.429. The van der Waals surface area contributed by atoms with E-state index in [4.69, 9.17) is 0 Å². The first-order valence-corrected chi connectivity index (χ1v) is 6.56. The fourth-order valence-electron chi connectivity index (χ4n) is 2.49. The van der Waals surface area contributed by atoms with Crippen LogP contribution in [0, 0.1) is 5.92 Å². The van der Waals surface area contributed by atoms with Crippen molar-refractivity contribution < 1.29 is 9.90 Å². The van der Waals surface area contributed by atoms with Gasteiger partial charge in [-0.15, -0.1) is 0 Å². The summed E-state index contributed by atoms with van der Waals surface area (Å²) in [5.74, 6) is 0.191. The van der Waals surface area contributed by atoms with Crippen molar-refractivity contribution in [3.05, 3.63) is 36.3 Å². The topological polar surface area (TPSA) is 57.8 Å². The van der Waals surface area contributed by atoms with Crippen molar-refractivity contribution in [2.45, 2.75) is 19.4 Å². The molecule has 1 fully saturated rings. The molecule has 0 aliphatic carbocycles. The van der Waals surface area contributed by atoms with Crippen LogP contribution in [0.25, 0.3) is 5.65 Å². The van der Waals surface area contributed by atoms with Crippen LogP contribution in [0.2, 0.25) is 0 Å². The molecule has 1 aliphatic rings. The number of likely N-dealkylation sites (tertiary alicyclic amines) is 1. The number of piperidine rings is 1. The molecule has 3 rings (SSSR count). The highest BCUT2D eigenvalue weighted by Gasteiger charge is 2.29. The number of β-amino-alcohol motifs (C(OH)–C–C–N with tert-alkyl or cyclic N) is 1. The number of hydrogen-bond acceptors (Lipinski definition) is 3. The van der Waals surface area contributed by atoms with E-state index in [0.717, 1.165) is 12.1 Å². The monoisotopic (exact) mass is 259 g/mol. The number of aliphatic hydroxyl groups excluding tert-OH is 1. The number of carbonyl (C=O) groups excluding carboxylic acids is 1. The zero-order valence-electron chi connectivity index (χ0n) is 10.9. The van der Waals surface area contributed by atoms with E-state index in [1.807, 2.05) is 31.3 Å². The predicted molar refractivity (Wildman–Crippen MR) is 70.9 cm³/mol. The summed E-state index contributed by atoms with van der Waals surface area (Å²) in [5, 5.41) is 9.89. The molecule has 19 heavy (non-hydrogen) atoms. The number of hydrogen-bond donors (Lipinski definition) is 1. The van der Waals surface area contributed by atoms with Crippen molar-refractivity contribution in [3.63, 3.8) is 0 Å². The van der Waals surface area contributed by atoms with E-state index in [-0.39, 0.29) is 11.8 Å². The summed E-state index contributed by atoms with van der Waals surface area (Å²) < 4.78 is 1.78. The van der Waals surface area contributed by atoms with Crippen LogP contribution >= 0.6 is 0 Å². The Morgan fingerprint density at radius 3 is 3.11 bits per heavy atom. The van der Waals surface area contributed by atoms with Gasteiger partial charge in [-0.1, -0.05) is 13.0 Å². The van der Waals surface area contributed by atoms with Crippen LogP contribution in [0.4, 0.5) is 0 Å². The first-order chi connectivity index (χ1) is 9.16. The summed E-state index contributed by atoms with van der Waals surface area (Å²) in [5.41, 5.74) is 1.31. The second-order valence-electron chi connectivity index (χ2n) is 5.16. The molecule has 0 aromatic carbocycles. The Morgan fingerprint density at radius 1 is 1.47 bits per heavy atom. The molecule has 3 heterocycles. The maximum absolute atomic E-state index is 12.5. The molecule has 1 N–H and O–H groups in total. The van der Waals surface area contributed by atoms with E-state index < -0.39 is 6.10 Å².